The topological polar surface area (TPSA) is 46.2 Å². The summed E-state index contributed by atoms with van der Waals surface area (Å²) in [5.74, 6) is -0.709. The number of halogens is 2. The Bertz CT molecular complexity index is 587. The van der Waals surface area contributed by atoms with Gasteiger partial charge >= 0.3 is 0 Å². The molecule has 0 spiro atoms. The minimum absolute atomic E-state index is 0.0628. The van der Waals surface area contributed by atoms with Gasteiger partial charge in [-0.05, 0) is 38.0 Å². The van der Waals surface area contributed by atoms with Crippen molar-refractivity contribution in [3.63, 3.8) is 0 Å². The number of sulfone groups is 1. The molecule has 19 heavy (non-hydrogen) atoms. The molecule has 0 saturated carbocycles. The second kappa shape index (κ2) is 5.17. The normalized spacial score (nSPS) is 23.5. The fourth-order valence-electron chi connectivity index (χ4n) is 2.36. The molecular formula is C13H17F2NO2S. The zero-order valence-electron chi connectivity index (χ0n) is 10.9. The van der Waals surface area contributed by atoms with Crippen LogP contribution in [0.4, 0.5) is 8.78 Å². The van der Waals surface area contributed by atoms with E-state index in [9.17, 15) is 17.2 Å². The third-order valence-electron chi connectivity index (χ3n) is 3.46. The van der Waals surface area contributed by atoms with E-state index in [0.29, 0.717) is 6.42 Å². The average Bonchev–Trinajstić information content (AvgIpc) is 2.63. The van der Waals surface area contributed by atoms with Crippen molar-refractivity contribution in [2.75, 3.05) is 11.5 Å². The molecule has 1 fully saturated rings. The maximum atomic E-state index is 13.8. The summed E-state index contributed by atoms with van der Waals surface area (Å²) in [6, 6.07) is 1.72. The van der Waals surface area contributed by atoms with Crippen molar-refractivity contribution in [3.05, 3.63) is 34.9 Å². The average molecular weight is 289 g/mol. The van der Waals surface area contributed by atoms with Crippen molar-refractivity contribution in [2.24, 2.45) is 0 Å². The maximum absolute atomic E-state index is 13.8. The fourth-order valence-corrected chi connectivity index (χ4v) is 4.05. The number of hydrogen-bond donors (Lipinski definition) is 1. The van der Waals surface area contributed by atoms with Gasteiger partial charge in [0, 0.05) is 17.6 Å². The van der Waals surface area contributed by atoms with Gasteiger partial charge in [-0.3, -0.25) is 0 Å². The molecule has 1 N–H and O–H groups in total. The molecule has 0 aliphatic carbocycles. The van der Waals surface area contributed by atoms with E-state index < -0.39 is 27.5 Å². The molecule has 1 aromatic carbocycles. The van der Waals surface area contributed by atoms with Gasteiger partial charge in [-0.25, -0.2) is 17.2 Å². The summed E-state index contributed by atoms with van der Waals surface area (Å²) in [4.78, 5) is 0. The lowest BCUT2D eigenvalue weighted by atomic mass is 10.0. The Balaban J connectivity index is 2.12. The number of benzene rings is 1. The molecule has 106 valence electrons. The van der Waals surface area contributed by atoms with Gasteiger partial charge in [0.2, 0.25) is 0 Å². The second-order valence-corrected chi connectivity index (χ2v) is 7.34. The highest BCUT2D eigenvalue weighted by molar-refractivity contribution is 7.91. The van der Waals surface area contributed by atoms with Crippen molar-refractivity contribution in [1.82, 2.24) is 5.32 Å². The summed E-state index contributed by atoms with van der Waals surface area (Å²) in [6.45, 7) is 3.21. The number of hydrogen-bond acceptors (Lipinski definition) is 3. The zero-order chi connectivity index (χ0) is 14.2. The standard InChI is InChI=1S/C13H17F2NO2S/c1-8-5-13(15)11(6-12(8)14)9(2)16-10-3-4-19(17,18)7-10/h5-6,9-10,16H,3-4,7H2,1-2H3. The van der Waals surface area contributed by atoms with Gasteiger partial charge in [-0.2, -0.15) is 0 Å². The van der Waals surface area contributed by atoms with E-state index in [1.807, 2.05) is 0 Å². The molecule has 1 saturated heterocycles. The quantitative estimate of drug-likeness (QED) is 0.927. The smallest absolute Gasteiger partial charge is 0.151 e. The van der Waals surface area contributed by atoms with E-state index >= 15 is 0 Å². The number of rotatable bonds is 3. The molecular weight excluding hydrogens is 272 g/mol. The van der Waals surface area contributed by atoms with Crippen LogP contribution in [0.3, 0.4) is 0 Å². The second-order valence-electron chi connectivity index (χ2n) is 5.11. The summed E-state index contributed by atoms with van der Waals surface area (Å²) in [7, 11) is -2.98. The summed E-state index contributed by atoms with van der Waals surface area (Å²) < 4.78 is 49.9. The third-order valence-corrected chi connectivity index (χ3v) is 5.23. The SMILES string of the molecule is Cc1cc(F)c(C(C)NC2CCS(=O)(=O)C2)cc1F. The minimum Gasteiger partial charge on any atom is -0.306 e. The first-order valence-electron chi connectivity index (χ1n) is 6.20. The van der Waals surface area contributed by atoms with Crippen molar-refractivity contribution >= 4 is 9.84 Å². The molecule has 1 aliphatic heterocycles. The first kappa shape index (κ1) is 14.4. The van der Waals surface area contributed by atoms with Crippen LogP contribution in [-0.2, 0) is 9.84 Å². The Morgan fingerprint density at radius 3 is 2.58 bits per heavy atom. The molecule has 2 unspecified atom stereocenters. The molecule has 2 atom stereocenters. The van der Waals surface area contributed by atoms with Crippen LogP contribution in [-0.4, -0.2) is 26.0 Å². The lowest BCUT2D eigenvalue weighted by Crippen LogP contribution is -2.32. The Hall–Kier alpha value is -1.01. The monoisotopic (exact) mass is 289 g/mol. The molecule has 0 bridgehead atoms. The van der Waals surface area contributed by atoms with Crippen LogP contribution in [0.1, 0.15) is 30.5 Å². The molecule has 0 aromatic heterocycles. The zero-order valence-corrected chi connectivity index (χ0v) is 11.7. The van der Waals surface area contributed by atoms with Gasteiger partial charge in [-0.15, -0.1) is 0 Å². The molecule has 0 radical (unpaired) electrons. The van der Waals surface area contributed by atoms with Crippen molar-refractivity contribution in [3.8, 4) is 0 Å². The van der Waals surface area contributed by atoms with E-state index in [-0.39, 0.29) is 28.7 Å². The summed E-state index contributed by atoms with van der Waals surface area (Å²) in [6.07, 6.45) is 0.517. The van der Waals surface area contributed by atoms with Crippen LogP contribution in [0.15, 0.2) is 12.1 Å². The van der Waals surface area contributed by atoms with E-state index in [0.717, 1.165) is 6.07 Å². The van der Waals surface area contributed by atoms with Gasteiger partial charge in [0.15, 0.2) is 9.84 Å². The molecule has 2 rings (SSSR count). The molecule has 1 aliphatic rings. The van der Waals surface area contributed by atoms with Gasteiger partial charge in [0.25, 0.3) is 0 Å². The predicted molar refractivity (Wildman–Crippen MR) is 69.7 cm³/mol. The van der Waals surface area contributed by atoms with E-state index in [1.165, 1.54) is 13.0 Å². The van der Waals surface area contributed by atoms with E-state index in [2.05, 4.69) is 5.32 Å². The lowest BCUT2D eigenvalue weighted by Gasteiger charge is -2.19. The van der Waals surface area contributed by atoms with Crippen molar-refractivity contribution in [2.45, 2.75) is 32.4 Å². The van der Waals surface area contributed by atoms with Crippen molar-refractivity contribution < 1.29 is 17.2 Å². The predicted octanol–water partition coefficient (Wildman–Crippen LogP) is 2.11. The van der Waals surface area contributed by atoms with Gasteiger partial charge in [-0.1, -0.05) is 0 Å². The Kier molecular flexibility index (Phi) is 3.92. The van der Waals surface area contributed by atoms with Crippen LogP contribution in [0.25, 0.3) is 0 Å². The van der Waals surface area contributed by atoms with Crippen LogP contribution in [0, 0.1) is 18.6 Å². The Labute approximate surface area is 111 Å². The highest BCUT2D eigenvalue weighted by Gasteiger charge is 2.29. The molecule has 0 amide bonds. The van der Waals surface area contributed by atoms with Crippen LogP contribution in [0.2, 0.25) is 0 Å². The van der Waals surface area contributed by atoms with Gasteiger partial charge < -0.3 is 5.32 Å². The number of aryl methyl sites for hydroxylation is 1. The molecule has 1 heterocycles. The Morgan fingerprint density at radius 1 is 1.32 bits per heavy atom. The van der Waals surface area contributed by atoms with E-state index in [1.54, 1.807) is 6.92 Å². The summed E-state index contributed by atoms with van der Waals surface area (Å²) >= 11 is 0. The highest BCUT2D eigenvalue weighted by atomic mass is 32.2. The highest BCUT2D eigenvalue weighted by Crippen LogP contribution is 2.22. The van der Waals surface area contributed by atoms with E-state index in [4.69, 9.17) is 0 Å². The molecule has 3 nitrogen and oxygen atoms in total. The minimum atomic E-state index is -2.98. The maximum Gasteiger partial charge on any atom is 0.151 e. The Morgan fingerprint density at radius 2 is 2.00 bits per heavy atom. The van der Waals surface area contributed by atoms with Crippen LogP contribution >= 0.6 is 0 Å². The summed E-state index contributed by atoms with van der Waals surface area (Å²) in [5.41, 5.74) is 0.490. The number of nitrogens with one attached hydrogen (secondary N) is 1. The first-order chi connectivity index (χ1) is 8.78. The fraction of sp³-hybridized carbons (Fsp3) is 0.538. The van der Waals surface area contributed by atoms with Gasteiger partial charge in [0.1, 0.15) is 11.6 Å². The van der Waals surface area contributed by atoms with Crippen LogP contribution < -0.4 is 5.32 Å². The largest absolute Gasteiger partial charge is 0.306 e. The first-order valence-corrected chi connectivity index (χ1v) is 8.02. The summed E-state index contributed by atoms with van der Waals surface area (Å²) in [5, 5.41) is 3.05. The van der Waals surface area contributed by atoms with Crippen LogP contribution in [0.5, 0.6) is 0 Å². The third kappa shape index (κ3) is 3.30. The lowest BCUT2D eigenvalue weighted by molar-refractivity contribution is 0.462. The van der Waals surface area contributed by atoms with Gasteiger partial charge in [0.05, 0.1) is 11.5 Å². The molecule has 6 heteroatoms. The van der Waals surface area contributed by atoms with Crippen molar-refractivity contribution in [1.29, 1.82) is 0 Å². The molecule has 1 aromatic rings.